The average molecular weight is 578 g/mol. The number of nitrogens with one attached hydrogen (secondary N) is 1. The van der Waals surface area contributed by atoms with Crippen molar-refractivity contribution in [1.82, 2.24) is 9.99 Å². The van der Waals surface area contributed by atoms with E-state index in [-0.39, 0.29) is 17.9 Å². The molecule has 2 atom stereocenters. The molecule has 0 unspecified atom stereocenters. The molecule has 2 heterocycles. The molecule has 1 aliphatic rings. The molecular formula is C34H28ClN3O4. The number of ether oxygens (including phenoxy) is 2. The highest BCUT2D eigenvalue weighted by atomic mass is 35.5. The van der Waals surface area contributed by atoms with Gasteiger partial charge in [-0.2, -0.15) is 5.10 Å². The zero-order valence-electron chi connectivity index (χ0n) is 23.1. The molecule has 1 aromatic heterocycles. The highest BCUT2D eigenvalue weighted by Crippen LogP contribution is 2.41. The minimum absolute atomic E-state index is 0.284. The van der Waals surface area contributed by atoms with E-state index >= 15 is 0 Å². The number of pyridine rings is 1. The lowest BCUT2D eigenvalue weighted by Gasteiger charge is -2.27. The summed E-state index contributed by atoms with van der Waals surface area (Å²) < 4.78 is 11.4. The molecule has 6 rings (SSSR count). The molecule has 1 aliphatic heterocycles. The first kappa shape index (κ1) is 27.4. The molecule has 1 N–H and O–H groups in total. The van der Waals surface area contributed by atoms with Gasteiger partial charge in [0.2, 0.25) is 0 Å². The molecule has 0 aliphatic carbocycles. The van der Waals surface area contributed by atoms with Crippen molar-refractivity contribution in [3.63, 3.8) is 0 Å². The van der Waals surface area contributed by atoms with Gasteiger partial charge in [0.05, 0.1) is 24.4 Å². The van der Waals surface area contributed by atoms with Crippen LogP contribution < -0.4 is 10.3 Å². The van der Waals surface area contributed by atoms with Gasteiger partial charge in [0.25, 0.3) is 11.5 Å². The molecule has 5 aromatic rings. The van der Waals surface area contributed by atoms with Crippen LogP contribution in [0, 0.1) is 0 Å². The smallest absolute Gasteiger partial charge is 0.276 e. The second-order valence-corrected chi connectivity index (χ2v) is 10.4. The number of carbonyl (C=O) groups is 1. The van der Waals surface area contributed by atoms with Crippen molar-refractivity contribution in [3.05, 3.63) is 135 Å². The molecule has 1 amide bonds. The first-order valence-corrected chi connectivity index (χ1v) is 13.9. The molecular weight excluding hydrogens is 550 g/mol. The predicted octanol–water partition coefficient (Wildman–Crippen LogP) is 6.92. The van der Waals surface area contributed by atoms with Crippen molar-refractivity contribution < 1.29 is 14.3 Å². The number of aromatic amines is 1. The van der Waals surface area contributed by atoms with Crippen molar-refractivity contribution in [2.75, 3.05) is 14.2 Å². The summed E-state index contributed by atoms with van der Waals surface area (Å²) in [5.74, 6) is 0.268. The van der Waals surface area contributed by atoms with Gasteiger partial charge >= 0.3 is 0 Å². The van der Waals surface area contributed by atoms with Crippen LogP contribution in [0.25, 0.3) is 22.0 Å². The van der Waals surface area contributed by atoms with E-state index < -0.39 is 12.1 Å². The van der Waals surface area contributed by atoms with Crippen LogP contribution in [0.4, 0.5) is 0 Å². The lowest BCUT2D eigenvalue weighted by molar-refractivity contribution is -0.144. The number of nitrogens with zero attached hydrogens (tertiary/aromatic N) is 2. The fraction of sp³-hybridized carbons (Fsp3) is 0.147. The Balaban J connectivity index is 1.57. The molecule has 42 heavy (non-hydrogen) atoms. The maximum Gasteiger partial charge on any atom is 0.276 e. The lowest BCUT2D eigenvalue weighted by Crippen LogP contribution is -2.32. The number of amides is 1. The van der Waals surface area contributed by atoms with Crippen molar-refractivity contribution in [2.45, 2.75) is 18.6 Å². The van der Waals surface area contributed by atoms with Gasteiger partial charge in [-0.1, -0.05) is 90.5 Å². The van der Waals surface area contributed by atoms with Crippen LogP contribution in [0.5, 0.6) is 5.75 Å². The summed E-state index contributed by atoms with van der Waals surface area (Å²) in [5, 5.41) is 7.63. The summed E-state index contributed by atoms with van der Waals surface area (Å²) in [4.78, 5) is 31.0. The van der Waals surface area contributed by atoms with Gasteiger partial charge in [-0.3, -0.25) is 9.59 Å². The summed E-state index contributed by atoms with van der Waals surface area (Å²) in [6.07, 6.45) is -0.611. The Morgan fingerprint density at radius 1 is 0.929 bits per heavy atom. The molecule has 0 saturated carbocycles. The van der Waals surface area contributed by atoms with Crippen LogP contribution in [0.15, 0.2) is 113 Å². The van der Waals surface area contributed by atoms with E-state index in [0.717, 1.165) is 16.5 Å². The number of hydrogen-bond donors (Lipinski definition) is 1. The monoisotopic (exact) mass is 577 g/mol. The maximum absolute atomic E-state index is 14.2. The van der Waals surface area contributed by atoms with Gasteiger partial charge in [-0.25, -0.2) is 5.01 Å². The summed E-state index contributed by atoms with van der Waals surface area (Å²) >= 11 is 6.44. The van der Waals surface area contributed by atoms with Crippen LogP contribution in [0.3, 0.4) is 0 Å². The Morgan fingerprint density at radius 2 is 1.62 bits per heavy atom. The predicted molar refractivity (Wildman–Crippen MR) is 165 cm³/mol. The normalized spacial score (nSPS) is 15.5. The van der Waals surface area contributed by atoms with E-state index in [1.165, 1.54) is 12.1 Å². The largest absolute Gasteiger partial charge is 0.496 e. The molecule has 8 heteroatoms. The first-order chi connectivity index (χ1) is 20.5. The van der Waals surface area contributed by atoms with Crippen LogP contribution in [-0.2, 0) is 9.53 Å². The Labute approximate surface area is 248 Å². The molecule has 0 spiro atoms. The van der Waals surface area contributed by atoms with Crippen LogP contribution in [0.1, 0.15) is 35.3 Å². The van der Waals surface area contributed by atoms with E-state index in [2.05, 4.69) is 4.98 Å². The fourth-order valence-corrected chi connectivity index (χ4v) is 5.79. The standard InChI is InChI=1S/C34H28ClN3O4/c1-41-29-16-10-9-15-24(29)28-20-27(37-38(28)34(40)32(42-2)22-13-7-4-8-14-22)31-30(21-11-5-3-6-12-21)25-19-23(35)17-18-26(25)36-33(31)39/h3-19,28,32H,20H2,1-2H3,(H,36,39)/t28-,32-/m1/s1. The van der Waals surface area contributed by atoms with Gasteiger partial charge < -0.3 is 14.5 Å². The number of halogens is 1. The quantitative estimate of drug-likeness (QED) is 0.227. The Hall–Kier alpha value is -4.72. The maximum atomic E-state index is 14.2. The third-order valence-electron chi connectivity index (χ3n) is 7.52. The highest BCUT2D eigenvalue weighted by molar-refractivity contribution is 6.31. The van der Waals surface area contributed by atoms with Gasteiger partial charge in [-0.05, 0) is 35.4 Å². The number of aromatic nitrogens is 1. The number of rotatable bonds is 7. The van der Waals surface area contributed by atoms with Gasteiger partial charge in [-0.15, -0.1) is 0 Å². The molecule has 7 nitrogen and oxygen atoms in total. The number of methoxy groups -OCH3 is 2. The average Bonchev–Trinajstić information content (AvgIpc) is 3.46. The van der Waals surface area contributed by atoms with Gasteiger partial charge in [0, 0.05) is 40.6 Å². The van der Waals surface area contributed by atoms with Crippen LogP contribution >= 0.6 is 11.6 Å². The first-order valence-electron chi connectivity index (χ1n) is 13.5. The zero-order chi connectivity index (χ0) is 29.2. The second-order valence-electron chi connectivity index (χ2n) is 9.98. The van der Waals surface area contributed by atoms with Crippen molar-refractivity contribution >= 4 is 34.1 Å². The number of hydrazone groups is 1. The van der Waals surface area contributed by atoms with Crippen LogP contribution in [0.2, 0.25) is 5.02 Å². The number of H-pyrrole nitrogens is 1. The Morgan fingerprint density at radius 3 is 2.33 bits per heavy atom. The molecule has 210 valence electrons. The zero-order valence-corrected chi connectivity index (χ0v) is 23.8. The van der Waals surface area contributed by atoms with Crippen molar-refractivity contribution in [2.24, 2.45) is 5.10 Å². The number of fused-ring (bicyclic) bond motifs is 1. The number of benzene rings is 4. The number of carbonyl (C=O) groups excluding carboxylic acids is 1. The van der Waals surface area contributed by atoms with Crippen LogP contribution in [-0.4, -0.2) is 35.8 Å². The SMILES string of the molecule is COc1ccccc1[C@H]1CC(c2c(-c3ccccc3)c3cc(Cl)ccc3[nH]c2=O)=NN1C(=O)[C@H](OC)c1ccccc1. The second kappa shape index (κ2) is 11.6. The highest BCUT2D eigenvalue weighted by Gasteiger charge is 2.39. The summed E-state index contributed by atoms with van der Waals surface area (Å²) in [5.41, 5.74) is 4.24. The molecule has 0 bridgehead atoms. The fourth-order valence-electron chi connectivity index (χ4n) is 5.62. The van der Waals surface area contributed by atoms with E-state index in [4.69, 9.17) is 26.2 Å². The number of para-hydroxylation sites is 1. The molecule has 0 saturated heterocycles. The topological polar surface area (TPSA) is 84.0 Å². The van der Waals surface area contributed by atoms with Crippen molar-refractivity contribution in [3.8, 4) is 16.9 Å². The summed E-state index contributed by atoms with van der Waals surface area (Å²) in [6.45, 7) is 0. The van der Waals surface area contributed by atoms with Crippen molar-refractivity contribution in [1.29, 1.82) is 0 Å². The minimum atomic E-state index is -0.895. The Kier molecular flexibility index (Phi) is 7.61. The third kappa shape index (κ3) is 4.98. The Bertz CT molecular complexity index is 1850. The van der Waals surface area contributed by atoms with Gasteiger partial charge in [0.1, 0.15) is 5.75 Å². The van der Waals surface area contributed by atoms with E-state index in [1.54, 1.807) is 19.2 Å². The van der Waals surface area contributed by atoms with E-state index in [9.17, 15) is 9.59 Å². The summed E-state index contributed by atoms with van der Waals surface area (Å²) in [6, 6.07) is 31.3. The lowest BCUT2D eigenvalue weighted by atomic mass is 9.90. The third-order valence-corrected chi connectivity index (χ3v) is 7.76. The van der Waals surface area contributed by atoms with E-state index in [1.807, 2.05) is 91.0 Å². The van der Waals surface area contributed by atoms with Gasteiger partial charge in [0.15, 0.2) is 6.10 Å². The molecule has 4 aromatic carbocycles. The molecule has 0 radical (unpaired) electrons. The molecule has 0 fully saturated rings. The summed E-state index contributed by atoms with van der Waals surface area (Å²) in [7, 11) is 3.09. The minimum Gasteiger partial charge on any atom is -0.496 e. The van der Waals surface area contributed by atoms with E-state index in [0.29, 0.717) is 38.7 Å². The number of hydrogen-bond acceptors (Lipinski definition) is 5.